The smallest absolute Gasteiger partial charge is 0.123 e. The molecule has 3 rings (SSSR count). The molecule has 0 aromatic heterocycles. The van der Waals surface area contributed by atoms with E-state index < -0.39 is 0 Å². The largest absolute Gasteiger partial charge is 0.508 e. The van der Waals surface area contributed by atoms with Crippen molar-refractivity contribution in [3.8, 4) is 5.75 Å². The van der Waals surface area contributed by atoms with E-state index in [2.05, 4.69) is 11.4 Å². The Morgan fingerprint density at radius 2 is 1.77 bits per heavy atom. The molecule has 3 aromatic carbocycles. The van der Waals surface area contributed by atoms with Crippen molar-refractivity contribution < 1.29 is 9.50 Å². The molecule has 0 amide bonds. The van der Waals surface area contributed by atoms with Crippen LogP contribution in [0.25, 0.3) is 10.8 Å². The predicted molar refractivity (Wildman–Crippen MR) is 87.4 cm³/mol. The fourth-order valence-electron chi connectivity index (χ4n) is 2.61. The van der Waals surface area contributed by atoms with Gasteiger partial charge in [-0.3, -0.25) is 0 Å². The van der Waals surface area contributed by atoms with E-state index in [1.807, 2.05) is 18.2 Å². The molecule has 0 unspecified atom stereocenters. The fraction of sp³-hybridized carbons (Fsp3) is 0.158. The van der Waals surface area contributed by atoms with Crippen molar-refractivity contribution in [2.45, 2.75) is 13.0 Å². The van der Waals surface area contributed by atoms with Crippen LogP contribution in [0.4, 0.5) is 4.39 Å². The molecule has 22 heavy (non-hydrogen) atoms. The fourth-order valence-corrected chi connectivity index (χ4v) is 2.61. The van der Waals surface area contributed by atoms with Crippen molar-refractivity contribution in [2.24, 2.45) is 0 Å². The molecule has 3 aromatic rings. The molecular formula is C19H18FNO. The number of hydrogen-bond acceptors (Lipinski definition) is 2. The predicted octanol–water partition coefficient (Wildman–Crippen LogP) is 4.02. The topological polar surface area (TPSA) is 32.3 Å². The Morgan fingerprint density at radius 1 is 0.955 bits per heavy atom. The Bertz CT molecular complexity index is 768. The molecule has 112 valence electrons. The lowest BCUT2D eigenvalue weighted by molar-refractivity contribution is 0.476. The number of aromatic hydroxyl groups is 1. The number of phenolic OH excluding ortho intramolecular Hbond substituents is 1. The molecule has 0 saturated heterocycles. The first-order valence-corrected chi connectivity index (χ1v) is 7.38. The minimum atomic E-state index is -0.206. The second-order valence-corrected chi connectivity index (χ2v) is 5.38. The summed E-state index contributed by atoms with van der Waals surface area (Å²) >= 11 is 0. The minimum absolute atomic E-state index is 0.206. The van der Waals surface area contributed by atoms with Crippen LogP contribution in [0, 0.1) is 5.82 Å². The first kappa shape index (κ1) is 14.5. The van der Waals surface area contributed by atoms with Gasteiger partial charge in [0.05, 0.1) is 0 Å². The lowest BCUT2D eigenvalue weighted by Gasteiger charge is -2.08. The summed E-state index contributed by atoms with van der Waals surface area (Å²) in [5.74, 6) is 0.0850. The lowest BCUT2D eigenvalue weighted by Crippen LogP contribution is -2.16. The average Bonchev–Trinajstić information content (AvgIpc) is 2.53. The number of nitrogens with one attached hydrogen (secondary N) is 1. The molecule has 0 fully saturated rings. The number of rotatable bonds is 5. The molecule has 0 radical (unpaired) electrons. The lowest BCUT2D eigenvalue weighted by atomic mass is 10.0. The Labute approximate surface area is 129 Å². The summed E-state index contributed by atoms with van der Waals surface area (Å²) in [6.45, 7) is 1.57. The van der Waals surface area contributed by atoms with E-state index >= 15 is 0 Å². The SMILES string of the molecule is Oc1ccc2c(CCNCc3ccc(F)cc3)cccc2c1. The van der Waals surface area contributed by atoms with E-state index in [0.29, 0.717) is 5.75 Å². The van der Waals surface area contributed by atoms with Gasteiger partial charge in [-0.25, -0.2) is 4.39 Å². The molecule has 0 bridgehead atoms. The Morgan fingerprint density at radius 3 is 2.59 bits per heavy atom. The van der Waals surface area contributed by atoms with Gasteiger partial charge < -0.3 is 10.4 Å². The van der Waals surface area contributed by atoms with E-state index in [9.17, 15) is 9.50 Å². The second kappa shape index (κ2) is 6.58. The average molecular weight is 295 g/mol. The molecule has 0 aliphatic carbocycles. The third-order valence-electron chi connectivity index (χ3n) is 3.77. The third kappa shape index (κ3) is 3.43. The molecule has 2 N–H and O–H groups in total. The number of benzene rings is 3. The molecule has 0 saturated carbocycles. The molecule has 0 atom stereocenters. The van der Waals surface area contributed by atoms with Gasteiger partial charge in [0.1, 0.15) is 11.6 Å². The molecule has 2 nitrogen and oxygen atoms in total. The van der Waals surface area contributed by atoms with Gasteiger partial charge in [0.2, 0.25) is 0 Å². The molecule has 3 heteroatoms. The zero-order valence-electron chi connectivity index (χ0n) is 12.2. The number of phenols is 1. The maximum Gasteiger partial charge on any atom is 0.123 e. The third-order valence-corrected chi connectivity index (χ3v) is 3.77. The molecule has 0 spiro atoms. The van der Waals surface area contributed by atoms with Crippen LogP contribution in [-0.4, -0.2) is 11.7 Å². The summed E-state index contributed by atoms with van der Waals surface area (Å²) in [6.07, 6.45) is 0.906. The molecular weight excluding hydrogens is 277 g/mol. The van der Waals surface area contributed by atoms with Crippen molar-refractivity contribution in [2.75, 3.05) is 6.54 Å². The highest BCUT2D eigenvalue weighted by Gasteiger charge is 2.02. The Balaban J connectivity index is 1.61. The van der Waals surface area contributed by atoms with Gasteiger partial charge in [-0.15, -0.1) is 0 Å². The standard InChI is InChI=1S/C19H18FNO/c20-17-6-4-14(5-7-17)13-21-11-10-15-2-1-3-16-12-18(22)8-9-19(15)16/h1-9,12,21-22H,10-11,13H2. The summed E-state index contributed by atoms with van der Waals surface area (Å²) in [6, 6.07) is 18.1. The molecule has 0 aliphatic heterocycles. The van der Waals surface area contributed by atoms with E-state index in [1.165, 1.54) is 23.1 Å². The van der Waals surface area contributed by atoms with Gasteiger partial charge in [-0.05, 0) is 59.1 Å². The maximum atomic E-state index is 12.8. The minimum Gasteiger partial charge on any atom is -0.508 e. The summed E-state index contributed by atoms with van der Waals surface area (Å²) < 4.78 is 12.8. The van der Waals surface area contributed by atoms with E-state index in [4.69, 9.17) is 0 Å². The quantitative estimate of drug-likeness (QED) is 0.697. The zero-order valence-corrected chi connectivity index (χ0v) is 12.2. The Kier molecular flexibility index (Phi) is 4.35. The van der Waals surface area contributed by atoms with Crippen LogP contribution >= 0.6 is 0 Å². The van der Waals surface area contributed by atoms with Crippen molar-refractivity contribution in [1.82, 2.24) is 5.32 Å². The van der Waals surface area contributed by atoms with Crippen LogP contribution in [0.5, 0.6) is 5.75 Å². The highest BCUT2D eigenvalue weighted by atomic mass is 19.1. The molecule has 0 heterocycles. The van der Waals surface area contributed by atoms with Crippen molar-refractivity contribution >= 4 is 10.8 Å². The number of hydrogen-bond donors (Lipinski definition) is 2. The van der Waals surface area contributed by atoms with Crippen LogP contribution in [0.3, 0.4) is 0 Å². The summed E-state index contributed by atoms with van der Waals surface area (Å²) in [5, 5.41) is 15.1. The Hall–Kier alpha value is -2.39. The second-order valence-electron chi connectivity index (χ2n) is 5.38. The van der Waals surface area contributed by atoms with Crippen molar-refractivity contribution in [1.29, 1.82) is 0 Å². The first-order chi connectivity index (χ1) is 10.7. The highest BCUT2D eigenvalue weighted by Crippen LogP contribution is 2.23. The van der Waals surface area contributed by atoms with Crippen LogP contribution in [0.1, 0.15) is 11.1 Å². The van der Waals surface area contributed by atoms with Gasteiger partial charge in [0.15, 0.2) is 0 Å². The van der Waals surface area contributed by atoms with Gasteiger partial charge in [-0.1, -0.05) is 36.4 Å². The highest BCUT2D eigenvalue weighted by molar-refractivity contribution is 5.86. The van der Waals surface area contributed by atoms with Crippen LogP contribution in [-0.2, 0) is 13.0 Å². The molecule has 0 aliphatic rings. The summed E-state index contributed by atoms with van der Waals surface area (Å²) in [7, 11) is 0. The van der Waals surface area contributed by atoms with E-state index in [-0.39, 0.29) is 5.82 Å². The van der Waals surface area contributed by atoms with Crippen LogP contribution in [0.15, 0.2) is 60.7 Å². The van der Waals surface area contributed by atoms with Gasteiger partial charge >= 0.3 is 0 Å². The van der Waals surface area contributed by atoms with Gasteiger partial charge in [0, 0.05) is 6.54 Å². The van der Waals surface area contributed by atoms with Crippen LogP contribution in [0.2, 0.25) is 0 Å². The summed E-state index contributed by atoms with van der Waals surface area (Å²) in [4.78, 5) is 0. The van der Waals surface area contributed by atoms with Gasteiger partial charge in [0.25, 0.3) is 0 Å². The first-order valence-electron chi connectivity index (χ1n) is 7.38. The number of fused-ring (bicyclic) bond motifs is 1. The van der Waals surface area contributed by atoms with Crippen LogP contribution < -0.4 is 5.32 Å². The monoisotopic (exact) mass is 295 g/mol. The van der Waals surface area contributed by atoms with Gasteiger partial charge in [-0.2, -0.15) is 0 Å². The van der Waals surface area contributed by atoms with Crippen molar-refractivity contribution in [3.63, 3.8) is 0 Å². The maximum absolute atomic E-state index is 12.8. The summed E-state index contributed by atoms with van der Waals surface area (Å²) in [5.41, 5.74) is 2.33. The number of halogens is 1. The zero-order chi connectivity index (χ0) is 15.4. The van der Waals surface area contributed by atoms with E-state index in [0.717, 1.165) is 30.5 Å². The van der Waals surface area contributed by atoms with Crippen molar-refractivity contribution in [3.05, 3.63) is 77.6 Å². The van der Waals surface area contributed by atoms with E-state index in [1.54, 1.807) is 24.3 Å². The normalized spacial score (nSPS) is 11.0.